The van der Waals surface area contributed by atoms with E-state index >= 15 is 0 Å². The summed E-state index contributed by atoms with van der Waals surface area (Å²) in [6.07, 6.45) is 3.58. The lowest BCUT2D eigenvalue weighted by Crippen LogP contribution is -2.36. The van der Waals surface area contributed by atoms with E-state index in [1.165, 1.54) is 23.5 Å². The summed E-state index contributed by atoms with van der Waals surface area (Å²) in [6, 6.07) is 10.3. The van der Waals surface area contributed by atoms with Crippen LogP contribution < -0.4 is 5.32 Å². The van der Waals surface area contributed by atoms with E-state index in [0.717, 1.165) is 36.4 Å². The average molecular weight is 389 g/mol. The van der Waals surface area contributed by atoms with Gasteiger partial charge in [-0.1, -0.05) is 18.2 Å². The number of thiophene rings is 1. The highest BCUT2D eigenvalue weighted by atomic mass is 32.1. The predicted molar refractivity (Wildman–Crippen MR) is 105 cm³/mol. The molecule has 1 atom stereocenters. The first kappa shape index (κ1) is 19.7. The highest BCUT2D eigenvalue weighted by Gasteiger charge is 2.24. The van der Waals surface area contributed by atoms with Crippen LogP contribution in [-0.4, -0.2) is 36.2 Å². The Labute approximate surface area is 163 Å². The minimum absolute atomic E-state index is 0.0414. The fraction of sp³-hybridized carbons (Fsp3) is 0.429. The third-order valence-corrected chi connectivity index (χ3v) is 5.84. The van der Waals surface area contributed by atoms with E-state index in [1.54, 1.807) is 12.1 Å². The van der Waals surface area contributed by atoms with Crippen molar-refractivity contribution in [3.05, 3.63) is 58.0 Å². The number of hydrogen-bond donors (Lipinski definition) is 1. The van der Waals surface area contributed by atoms with Gasteiger partial charge in [0.2, 0.25) is 5.91 Å². The molecule has 0 radical (unpaired) electrons. The molecule has 6 heteroatoms. The molecule has 0 spiro atoms. The van der Waals surface area contributed by atoms with Crippen LogP contribution in [-0.2, 0) is 4.79 Å². The van der Waals surface area contributed by atoms with Crippen LogP contribution >= 0.6 is 11.3 Å². The Hall–Kier alpha value is -2.05. The molecule has 144 valence electrons. The number of carbonyl (C=O) groups is 2. The van der Waals surface area contributed by atoms with Gasteiger partial charge in [0.15, 0.2) is 5.78 Å². The Morgan fingerprint density at radius 2 is 1.85 bits per heavy atom. The van der Waals surface area contributed by atoms with Crippen molar-refractivity contribution < 1.29 is 14.0 Å². The number of nitrogens with zero attached hydrogens (tertiary/aromatic N) is 1. The van der Waals surface area contributed by atoms with E-state index in [9.17, 15) is 14.0 Å². The van der Waals surface area contributed by atoms with E-state index < -0.39 is 0 Å². The molecule has 1 N–H and O–H groups in total. The van der Waals surface area contributed by atoms with Gasteiger partial charge in [-0.15, -0.1) is 11.3 Å². The van der Waals surface area contributed by atoms with Crippen LogP contribution in [0.15, 0.2) is 41.8 Å². The summed E-state index contributed by atoms with van der Waals surface area (Å²) in [5, 5.41) is 4.88. The van der Waals surface area contributed by atoms with E-state index in [4.69, 9.17) is 0 Å². The second kappa shape index (κ2) is 9.76. The fourth-order valence-corrected chi connectivity index (χ4v) is 4.16. The van der Waals surface area contributed by atoms with E-state index in [2.05, 4.69) is 10.2 Å². The first-order valence-corrected chi connectivity index (χ1v) is 10.3. The smallest absolute Gasteiger partial charge is 0.220 e. The fourth-order valence-electron chi connectivity index (χ4n) is 3.46. The molecule has 2 aromatic rings. The van der Waals surface area contributed by atoms with E-state index in [-0.39, 0.29) is 23.5 Å². The topological polar surface area (TPSA) is 49.4 Å². The van der Waals surface area contributed by atoms with Crippen molar-refractivity contribution in [1.82, 2.24) is 10.2 Å². The predicted octanol–water partition coefficient (Wildman–Crippen LogP) is 4.19. The average Bonchev–Trinajstić information content (AvgIpc) is 3.37. The zero-order chi connectivity index (χ0) is 19.1. The number of Topliss-reactive ketones (excluding diaryl/α,β-unsaturated/α-hetero) is 1. The van der Waals surface area contributed by atoms with Gasteiger partial charge in [0.1, 0.15) is 5.82 Å². The normalized spacial score (nSPS) is 15.6. The first-order chi connectivity index (χ1) is 13.1. The molecule has 27 heavy (non-hydrogen) atoms. The van der Waals surface area contributed by atoms with Crippen LogP contribution in [0.1, 0.15) is 53.4 Å². The highest BCUT2D eigenvalue weighted by Crippen LogP contribution is 2.25. The summed E-state index contributed by atoms with van der Waals surface area (Å²) in [6.45, 7) is 2.49. The van der Waals surface area contributed by atoms with Gasteiger partial charge >= 0.3 is 0 Å². The minimum Gasteiger partial charge on any atom is -0.354 e. The lowest BCUT2D eigenvalue weighted by Gasteiger charge is -2.28. The Morgan fingerprint density at radius 1 is 1.11 bits per heavy atom. The molecule has 1 amide bonds. The molecule has 1 aliphatic rings. The minimum atomic E-state index is -0.252. The van der Waals surface area contributed by atoms with Gasteiger partial charge in [-0.2, -0.15) is 0 Å². The molecule has 0 bridgehead atoms. The molecule has 1 aliphatic heterocycles. The monoisotopic (exact) mass is 388 g/mol. The van der Waals surface area contributed by atoms with Crippen LogP contribution in [0, 0.1) is 5.82 Å². The molecule has 1 aromatic carbocycles. The number of halogens is 1. The number of carbonyl (C=O) groups excluding carboxylic acids is 2. The number of hydrogen-bond acceptors (Lipinski definition) is 4. The standard InChI is InChI=1S/C21H25FN2O2S/c22-17-10-8-16(9-11-17)18(24-12-1-2-13-24)15-23-21(26)7-3-5-19(25)20-6-4-14-27-20/h4,6,8-11,14,18H,1-3,5,7,12-13,15H2,(H,23,26). The van der Waals surface area contributed by atoms with Gasteiger partial charge in [-0.25, -0.2) is 4.39 Å². The third kappa shape index (κ3) is 5.71. The van der Waals surface area contributed by atoms with Gasteiger partial charge in [0.25, 0.3) is 0 Å². The molecule has 3 rings (SSSR count). The molecule has 1 fully saturated rings. The van der Waals surface area contributed by atoms with Crippen LogP contribution in [0.4, 0.5) is 4.39 Å². The molecular weight excluding hydrogens is 363 g/mol. The second-order valence-corrected chi connectivity index (χ2v) is 7.82. The Morgan fingerprint density at radius 3 is 2.52 bits per heavy atom. The molecule has 2 heterocycles. The molecule has 0 aliphatic carbocycles. The maximum absolute atomic E-state index is 13.2. The van der Waals surface area contributed by atoms with Crippen molar-refractivity contribution in [2.75, 3.05) is 19.6 Å². The van der Waals surface area contributed by atoms with Gasteiger partial charge in [-0.05, 0) is 61.5 Å². The van der Waals surface area contributed by atoms with Crippen molar-refractivity contribution in [1.29, 1.82) is 0 Å². The van der Waals surface area contributed by atoms with Crippen molar-refractivity contribution in [3.63, 3.8) is 0 Å². The lowest BCUT2D eigenvalue weighted by atomic mass is 10.1. The number of likely N-dealkylation sites (tertiary alicyclic amines) is 1. The Balaban J connectivity index is 1.48. The molecule has 4 nitrogen and oxygen atoms in total. The second-order valence-electron chi connectivity index (χ2n) is 6.87. The molecule has 1 saturated heterocycles. The van der Waals surface area contributed by atoms with Gasteiger partial charge in [0, 0.05) is 19.4 Å². The number of ketones is 1. The van der Waals surface area contributed by atoms with Crippen LogP contribution in [0.2, 0.25) is 0 Å². The summed E-state index contributed by atoms with van der Waals surface area (Å²) in [5.74, 6) is -0.197. The lowest BCUT2D eigenvalue weighted by molar-refractivity contribution is -0.121. The maximum atomic E-state index is 13.2. The maximum Gasteiger partial charge on any atom is 0.220 e. The SMILES string of the molecule is O=C(CCCC(=O)c1cccs1)NCC(c1ccc(F)cc1)N1CCCC1. The molecular formula is C21H25FN2O2S. The summed E-state index contributed by atoms with van der Waals surface area (Å²) < 4.78 is 13.2. The number of nitrogens with one attached hydrogen (secondary N) is 1. The quantitative estimate of drug-likeness (QED) is 0.655. The zero-order valence-corrected chi connectivity index (χ0v) is 16.1. The van der Waals surface area contributed by atoms with E-state index in [0.29, 0.717) is 25.8 Å². The number of amides is 1. The van der Waals surface area contributed by atoms with Crippen molar-refractivity contribution in [3.8, 4) is 0 Å². The van der Waals surface area contributed by atoms with Gasteiger partial charge in [0.05, 0.1) is 10.9 Å². The van der Waals surface area contributed by atoms with Gasteiger partial charge < -0.3 is 5.32 Å². The third-order valence-electron chi connectivity index (χ3n) is 4.93. The summed E-state index contributed by atoms with van der Waals surface area (Å²) in [5.41, 5.74) is 1.02. The molecule has 1 aromatic heterocycles. The van der Waals surface area contributed by atoms with Crippen LogP contribution in [0.25, 0.3) is 0 Å². The Bertz CT molecular complexity index is 740. The van der Waals surface area contributed by atoms with Crippen LogP contribution in [0.3, 0.4) is 0 Å². The largest absolute Gasteiger partial charge is 0.354 e. The first-order valence-electron chi connectivity index (χ1n) is 9.46. The van der Waals surface area contributed by atoms with Crippen molar-refractivity contribution >= 4 is 23.0 Å². The Kier molecular flexibility index (Phi) is 7.12. The zero-order valence-electron chi connectivity index (χ0n) is 15.3. The number of benzene rings is 1. The van der Waals surface area contributed by atoms with Crippen LogP contribution in [0.5, 0.6) is 0 Å². The molecule has 1 unspecified atom stereocenters. The highest BCUT2D eigenvalue weighted by molar-refractivity contribution is 7.12. The van der Waals surface area contributed by atoms with Crippen molar-refractivity contribution in [2.45, 2.75) is 38.1 Å². The summed E-state index contributed by atoms with van der Waals surface area (Å²) >= 11 is 1.43. The van der Waals surface area contributed by atoms with Gasteiger partial charge in [-0.3, -0.25) is 14.5 Å². The van der Waals surface area contributed by atoms with E-state index in [1.807, 2.05) is 17.5 Å². The summed E-state index contributed by atoms with van der Waals surface area (Å²) in [4.78, 5) is 27.3. The number of rotatable bonds is 9. The molecule has 0 saturated carbocycles. The van der Waals surface area contributed by atoms with Crippen molar-refractivity contribution in [2.24, 2.45) is 0 Å². The summed E-state index contributed by atoms with van der Waals surface area (Å²) in [7, 11) is 0.